The highest BCUT2D eigenvalue weighted by Gasteiger charge is 2.49. The van der Waals surface area contributed by atoms with Crippen molar-refractivity contribution >= 4 is 22.6 Å². The number of hydrogen-bond donors (Lipinski definition) is 1. The fraction of sp³-hybridized carbons (Fsp3) is 0.353. The first-order chi connectivity index (χ1) is 20.3. The summed E-state index contributed by atoms with van der Waals surface area (Å²) >= 11 is 0. The monoisotopic (exact) mass is 572 g/mol. The van der Waals surface area contributed by atoms with Crippen LogP contribution in [0, 0.1) is 0 Å². The molecule has 0 bridgehead atoms. The van der Waals surface area contributed by atoms with Crippen molar-refractivity contribution in [1.29, 1.82) is 0 Å². The van der Waals surface area contributed by atoms with Crippen molar-refractivity contribution in [2.24, 2.45) is 0 Å². The van der Waals surface area contributed by atoms with Crippen molar-refractivity contribution in [3.63, 3.8) is 0 Å². The zero-order valence-electron chi connectivity index (χ0n) is 23.7. The maximum atomic E-state index is 13.7. The van der Waals surface area contributed by atoms with E-state index in [1.807, 2.05) is 66.7 Å². The van der Waals surface area contributed by atoms with Gasteiger partial charge in [0.15, 0.2) is 0 Å². The molecule has 0 radical (unpaired) electrons. The van der Waals surface area contributed by atoms with Crippen molar-refractivity contribution in [1.82, 2.24) is 15.2 Å². The van der Waals surface area contributed by atoms with Gasteiger partial charge in [0.2, 0.25) is 5.91 Å². The number of alkyl halides is 3. The molecule has 8 heteroatoms. The molecule has 1 aliphatic carbocycles. The molecule has 1 aromatic heterocycles. The van der Waals surface area contributed by atoms with Gasteiger partial charge in [0.25, 0.3) is 0 Å². The van der Waals surface area contributed by atoms with Crippen LogP contribution in [0.25, 0.3) is 22.0 Å². The molecule has 1 atom stereocenters. The lowest BCUT2D eigenvalue weighted by Gasteiger charge is -2.39. The third-order valence-electron chi connectivity index (χ3n) is 8.92. The third kappa shape index (κ3) is 5.36. The minimum absolute atomic E-state index is 0.277. The van der Waals surface area contributed by atoms with E-state index < -0.39 is 24.0 Å². The summed E-state index contributed by atoms with van der Waals surface area (Å²) in [4.78, 5) is 23.4. The van der Waals surface area contributed by atoms with Gasteiger partial charge in [-0.15, -0.1) is 0 Å². The maximum absolute atomic E-state index is 13.7. The Hall–Kier alpha value is -3.91. The van der Waals surface area contributed by atoms with E-state index in [0.717, 1.165) is 71.6 Å². The number of nitrogens with zero attached hydrogens (tertiary/aromatic N) is 3. The summed E-state index contributed by atoms with van der Waals surface area (Å²) in [6.07, 6.45) is -2.49. The highest BCUT2D eigenvalue weighted by Crippen LogP contribution is 2.51. The Bertz CT molecular complexity index is 1530. The summed E-state index contributed by atoms with van der Waals surface area (Å²) in [6.45, 7) is 4.42. The average Bonchev–Trinajstić information content (AvgIpc) is 3.30. The smallest absolute Gasteiger partial charge is 0.354 e. The molecule has 4 aromatic rings. The van der Waals surface area contributed by atoms with Crippen LogP contribution in [0.15, 0.2) is 84.9 Å². The van der Waals surface area contributed by atoms with E-state index in [1.165, 1.54) is 0 Å². The third-order valence-corrected chi connectivity index (χ3v) is 8.92. The lowest BCUT2D eigenvalue weighted by Crippen LogP contribution is -2.50. The summed E-state index contributed by atoms with van der Waals surface area (Å²) < 4.78 is 39.5. The Balaban J connectivity index is 1.14. The van der Waals surface area contributed by atoms with Gasteiger partial charge in [-0.05, 0) is 60.2 Å². The number of carbonyl (C=O) groups excluding carboxylic acids is 1. The maximum Gasteiger partial charge on any atom is 0.405 e. The van der Waals surface area contributed by atoms with Crippen LogP contribution in [-0.4, -0.2) is 60.7 Å². The van der Waals surface area contributed by atoms with Gasteiger partial charge in [-0.25, -0.2) is 4.98 Å². The Labute approximate surface area is 244 Å². The van der Waals surface area contributed by atoms with Crippen molar-refractivity contribution < 1.29 is 18.0 Å². The van der Waals surface area contributed by atoms with E-state index in [0.29, 0.717) is 12.8 Å². The van der Waals surface area contributed by atoms with E-state index >= 15 is 0 Å². The second kappa shape index (κ2) is 11.4. The number of para-hydroxylation sites is 1. The molecular formula is C34H35F3N4O. The van der Waals surface area contributed by atoms with Crippen molar-refractivity contribution in [2.75, 3.05) is 37.6 Å². The molecule has 1 N–H and O–H groups in total. The molecule has 2 heterocycles. The van der Waals surface area contributed by atoms with Gasteiger partial charge in [-0.3, -0.25) is 9.69 Å². The molecule has 3 aromatic carbocycles. The summed E-state index contributed by atoms with van der Waals surface area (Å²) in [5.74, 6) is 0.410. The molecule has 1 fully saturated rings. The molecule has 5 nitrogen and oxygen atoms in total. The van der Waals surface area contributed by atoms with E-state index in [9.17, 15) is 18.0 Å². The van der Waals surface area contributed by atoms with Crippen molar-refractivity contribution in [2.45, 2.75) is 43.8 Å². The number of amides is 1. The Kier molecular flexibility index (Phi) is 7.66. The van der Waals surface area contributed by atoms with Crippen LogP contribution in [0.4, 0.5) is 19.0 Å². The molecule has 1 aliphatic heterocycles. The van der Waals surface area contributed by atoms with Crippen LogP contribution < -0.4 is 10.2 Å². The largest absolute Gasteiger partial charge is 0.405 e. The fourth-order valence-electron chi connectivity index (χ4n) is 6.75. The Morgan fingerprint density at radius 1 is 0.881 bits per heavy atom. The number of pyridine rings is 1. The molecule has 6 rings (SSSR count). The van der Waals surface area contributed by atoms with Gasteiger partial charge in [0.1, 0.15) is 17.8 Å². The summed E-state index contributed by atoms with van der Waals surface area (Å²) in [6, 6.07) is 27.9. The topological polar surface area (TPSA) is 48.5 Å². The van der Waals surface area contributed by atoms with Crippen LogP contribution in [0.3, 0.4) is 0 Å². The normalized spacial score (nSPS) is 17.1. The molecular weight excluding hydrogens is 537 g/mol. The second-order valence-electron chi connectivity index (χ2n) is 11.4. The number of anilines is 1. The highest BCUT2D eigenvalue weighted by atomic mass is 19.4. The number of hydrogen-bond acceptors (Lipinski definition) is 4. The summed E-state index contributed by atoms with van der Waals surface area (Å²) in [7, 11) is 0. The number of nitrogens with one attached hydrogen (secondary N) is 1. The lowest BCUT2D eigenvalue weighted by atomic mass is 9.73. The quantitative estimate of drug-likeness (QED) is 0.260. The molecule has 1 saturated heterocycles. The number of carbonyl (C=O) groups is 1. The number of halogens is 3. The van der Waals surface area contributed by atoms with Gasteiger partial charge in [-0.1, -0.05) is 73.2 Å². The van der Waals surface area contributed by atoms with Crippen LogP contribution in [0.5, 0.6) is 0 Å². The van der Waals surface area contributed by atoms with Gasteiger partial charge < -0.3 is 10.2 Å². The fourth-order valence-corrected chi connectivity index (χ4v) is 6.75. The molecule has 42 heavy (non-hydrogen) atoms. The molecule has 0 spiro atoms. The number of benzene rings is 3. The number of piperazine rings is 1. The zero-order valence-corrected chi connectivity index (χ0v) is 23.7. The Morgan fingerprint density at radius 3 is 2.17 bits per heavy atom. The number of aromatic nitrogens is 1. The second-order valence-corrected chi connectivity index (χ2v) is 11.4. The van der Waals surface area contributed by atoms with E-state index in [1.54, 1.807) is 0 Å². The van der Waals surface area contributed by atoms with Crippen LogP contribution >= 0.6 is 0 Å². The molecule has 2 aliphatic rings. The van der Waals surface area contributed by atoms with Gasteiger partial charge in [0.05, 0.1) is 5.52 Å². The van der Waals surface area contributed by atoms with E-state index in [-0.39, 0.29) is 6.04 Å². The van der Waals surface area contributed by atoms with Crippen LogP contribution in [0.1, 0.15) is 37.3 Å². The van der Waals surface area contributed by atoms with Crippen LogP contribution in [0.2, 0.25) is 0 Å². The first-order valence-electron chi connectivity index (χ1n) is 14.7. The van der Waals surface area contributed by atoms with Gasteiger partial charge in [0, 0.05) is 37.6 Å². The first-order valence-corrected chi connectivity index (χ1v) is 14.7. The molecule has 0 saturated carbocycles. The van der Waals surface area contributed by atoms with E-state index in [4.69, 9.17) is 4.98 Å². The van der Waals surface area contributed by atoms with Crippen molar-refractivity contribution in [3.05, 3.63) is 96.1 Å². The minimum Gasteiger partial charge on any atom is -0.354 e. The lowest BCUT2D eigenvalue weighted by molar-refractivity contribution is -0.141. The van der Waals surface area contributed by atoms with Gasteiger partial charge in [-0.2, -0.15) is 13.2 Å². The minimum atomic E-state index is -4.48. The van der Waals surface area contributed by atoms with Gasteiger partial charge >= 0.3 is 6.18 Å². The highest BCUT2D eigenvalue weighted by molar-refractivity contribution is 6.00. The number of fused-ring (bicyclic) bond motifs is 4. The van der Waals surface area contributed by atoms with Crippen LogP contribution in [-0.2, 0) is 10.2 Å². The van der Waals surface area contributed by atoms with Crippen molar-refractivity contribution in [3.8, 4) is 11.1 Å². The predicted molar refractivity (Wildman–Crippen MR) is 161 cm³/mol. The van der Waals surface area contributed by atoms with E-state index in [2.05, 4.69) is 40.2 Å². The standard InChI is InChI=1S/C34H35F3N4O/c1-24(40-19-21-41(22-20-40)31-17-16-25-10-2-7-15-30(25)39-31)9-8-18-33(32(42)38-23-34(35,36)37)28-13-5-3-11-26(28)27-12-4-6-14-29(27)33/h2-7,10-17,24H,8-9,18-23H2,1H3,(H,38,42). The Morgan fingerprint density at radius 2 is 1.50 bits per heavy atom. The average molecular weight is 573 g/mol. The molecule has 1 unspecified atom stereocenters. The SMILES string of the molecule is CC(CCCC1(C(=O)NCC(F)(F)F)c2ccccc2-c2ccccc21)N1CCN(c2ccc3ccccc3n2)CC1. The number of rotatable bonds is 8. The first kappa shape index (κ1) is 28.2. The summed E-state index contributed by atoms with van der Waals surface area (Å²) in [5.41, 5.74) is 3.25. The summed E-state index contributed by atoms with van der Waals surface area (Å²) in [5, 5.41) is 3.36. The zero-order chi connectivity index (χ0) is 29.3. The predicted octanol–water partition coefficient (Wildman–Crippen LogP) is 6.56. The molecule has 1 amide bonds. The molecule has 218 valence electrons.